The van der Waals surface area contributed by atoms with E-state index in [4.69, 9.17) is 0 Å². The van der Waals surface area contributed by atoms with Crippen LogP contribution in [0.1, 0.15) is 32.4 Å². The summed E-state index contributed by atoms with van der Waals surface area (Å²) < 4.78 is 0. The van der Waals surface area contributed by atoms with Crippen molar-refractivity contribution >= 4 is 23.3 Å². The smallest absolute Gasteiger partial charge is 0.323 e. The van der Waals surface area contributed by atoms with E-state index in [0.29, 0.717) is 18.3 Å². The van der Waals surface area contributed by atoms with E-state index in [1.807, 2.05) is 73.5 Å². The Labute approximate surface area is 161 Å². The van der Waals surface area contributed by atoms with Crippen LogP contribution in [0.3, 0.4) is 0 Å². The lowest BCUT2D eigenvalue weighted by atomic mass is 10.1. The summed E-state index contributed by atoms with van der Waals surface area (Å²) in [6.45, 7) is 6.41. The third-order valence-electron chi connectivity index (χ3n) is 4.35. The number of nitrogens with one attached hydrogen (secondary N) is 3. The monoisotopic (exact) mass is 368 g/mol. The lowest BCUT2D eigenvalue weighted by Crippen LogP contribution is -2.39. The van der Waals surface area contributed by atoms with Crippen LogP contribution in [0, 0.1) is 0 Å². The number of urea groups is 1. The van der Waals surface area contributed by atoms with Gasteiger partial charge in [-0.25, -0.2) is 4.79 Å². The summed E-state index contributed by atoms with van der Waals surface area (Å²) in [5, 5.41) is 8.56. The fraction of sp³-hybridized carbons (Fsp3) is 0.333. The van der Waals surface area contributed by atoms with Crippen molar-refractivity contribution in [2.75, 3.05) is 24.2 Å². The Hall–Kier alpha value is -2.86. The molecule has 2 aromatic carbocycles. The normalized spacial score (nSPS) is 11.9. The topological polar surface area (TPSA) is 73.5 Å². The summed E-state index contributed by atoms with van der Waals surface area (Å²) in [7, 11) is 1.93. The second-order valence-electron chi connectivity index (χ2n) is 6.87. The third-order valence-corrected chi connectivity index (χ3v) is 4.35. The molecule has 0 heterocycles. The molecule has 1 unspecified atom stereocenters. The van der Waals surface area contributed by atoms with Crippen molar-refractivity contribution < 1.29 is 9.59 Å². The summed E-state index contributed by atoms with van der Waals surface area (Å²) in [4.78, 5) is 26.1. The van der Waals surface area contributed by atoms with Crippen molar-refractivity contribution in [2.24, 2.45) is 0 Å². The first-order valence-electron chi connectivity index (χ1n) is 9.07. The van der Waals surface area contributed by atoms with Crippen LogP contribution in [0.15, 0.2) is 54.6 Å². The number of anilines is 2. The molecule has 0 saturated heterocycles. The predicted octanol–water partition coefficient (Wildman–Crippen LogP) is 3.85. The van der Waals surface area contributed by atoms with Gasteiger partial charge in [0.2, 0.25) is 5.91 Å². The molecule has 0 radical (unpaired) electrons. The van der Waals surface area contributed by atoms with E-state index < -0.39 is 0 Å². The fourth-order valence-corrected chi connectivity index (χ4v) is 2.45. The Morgan fingerprint density at radius 2 is 1.44 bits per heavy atom. The number of nitrogens with zero attached hydrogens (tertiary/aromatic N) is 1. The highest BCUT2D eigenvalue weighted by Crippen LogP contribution is 2.16. The first-order valence-corrected chi connectivity index (χ1v) is 9.07. The van der Waals surface area contributed by atoms with Crippen LogP contribution in [-0.4, -0.2) is 36.5 Å². The first kappa shape index (κ1) is 20.5. The Bertz CT molecular complexity index is 745. The molecule has 0 fully saturated rings. The number of rotatable bonds is 7. The predicted molar refractivity (Wildman–Crippen MR) is 110 cm³/mol. The average molecular weight is 368 g/mol. The maximum atomic E-state index is 12.1. The zero-order valence-corrected chi connectivity index (χ0v) is 16.3. The van der Waals surface area contributed by atoms with Crippen LogP contribution >= 0.6 is 0 Å². The van der Waals surface area contributed by atoms with E-state index in [1.54, 1.807) is 0 Å². The number of likely N-dealkylation sites (N-methyl/N-ethyl adjacent to an activating group) is 1. The number of benzene rings is 2. The van der Waals surface area contributed by atoms with Gasteiger partial charge in [0.15, 0.2) is 0 Å². The number of hydrogen-bond donors (Lipinski definition) is 3. The zero-order valence-electron chi connectivity index (χ0n) is 16.3. The standard InChI is InChI=1S/C21H28N4O2/c1-15(2)25(4)14-20(26)22-16(3)17-10-12-19(13-11-17)24-21(27)23-18-8-6-5-7-9-18/h5-13,15-16H,14H2,1-4H3,(H,22,26)(H2,23,24,27). The first-order chi connectivity index (χ1) is 12.8. The molecule has 6 nitrogen and oxygen atoms in total. The van der Waals surface area contributed by atoms with Gasteiger partial charge in [0.05, 0.1) is 12.6 Å². The molecule has 2 rings (SSSR count). The number of carbonyl (C=O) groups excluding carboxylic acids is 2. The minimum atomic E-state index is -0.299. The van der Waals surface area contributed by atoms with Crippen LogP contribution in [0.2, 0.25) is 0 Å². The maximum Gasteiger partial charge on any atom is 0.323 e. The molecule has 6 heteroatoms. The van der Waals surface area contributed by atoms with Crippen molar-refractivity contribution in [3.8, 4) is 0 Å². The van der Waals surface area contributed by atoms with E-state index in [2.05, 4.69) is 29.8 Å². The van der Waals surface area contributed by atoms with Crippen molar-refractivity contribution in [3.63, 3.8) is 0 Å². The number of hydrogen-bond acceptors (Lipinski definition) is 3. The Morgan fingerprint density at radius 1 is 0.889 bits per heavy atom. The molecule has 3 N–H and O–H groups in total. The van der Waals surface area contributed by atoms with Crippen molar-refractivity contribution in [2.45, 2.75) is 32.9 Å². The van der Waals surface area contributed by atoms with E-state index in [0.717, 1.165) is 11.3 Å². The molecular formula is C21H28N4O2. The number of carbonyl (C=O) groups is 2. The summed E-state index contributed by atoms with van der Waals surface area (Å²) in [5.41, 5.74) is 2.39. The Balaban J connectivity index is 1.86. The minimum Gasteiger partial charge on any atom is -0.348 e. The zero-order chi connectivity index (χ0) is 19.8. The van der Waals surface area contributed by atoms with Gasteiger partial charge in [-0.3, -0.25) is 9.69 Å². The third kappa shape index (κ3) is 6.75. The molecule has 0 spiro atoms. The second kappa shape index (κ2) is 9.73. The molecule has 0 aliphatic rings. The molecule has 0 aliphatic carbocycles. The van der Waals surface area contributed by atoms with Crippen molar-refractivity contribution in [3.05, 3.63) is 60.2 Å². The quantitative estimate of drug-likeness (QED) is 0.695. The van der Waals surface area contributed by atoms with Crippen molar-refractivity contribution in [1.82, 2.24) is 10.2 Å². The summed E-state index contributed by atoms with van der Waals surface area (Å²) in [6.07, 6.45) is 0. The molecule has 0 aromatic heterocycles. The Kier molecular flexibility index (Phi) is 7.37. The summed E-state index contributed by atoms with van der Waals surface area (Å²) in [6, 6.07) is 16.6. The molecule has 27 heavy (non-hydrogen) atoms. The van der Waals surface area contributed by atoms with Crippen LogP contribution in [-0.2, 0) is 4.79 Å². The molecule has 1 atom stereocenters. The molecule has 2 aromatic rings. The van der Waals surface area contributed by atoms with E-state index in [9.17, 15) is 9.59 Å². The lowest BCUT2D eigenvalue weighted by Gasteiger charge is -2.22. The minimum absolute atomic E-state index is 0.0110. The summed E-state index contributed by atoms with van der Waals surface area (Å²) >= 11 is 0. The fourth-order valence-electron chi connectivity index (χ4n) is 2.45. The maximum absolute atomic E-state index is 12.1. The van der Waals surface area contributed by atoms with Gasteiger partial charge in [-0.15, -0.1) is 0 Å². The van der Waals surface area contributed by atoms with Crippen LogP contribution < -0.4 is 16.0 Å². The largest absolute Gasteiger partial charge is 0.348 e. The molecule has 0 bridgehead atoms. The van der Waals surface area contributed by atoms with Gasteiger partial charge in [0.25, 0.3) is 0 Å². The number of para-hydroxylation sites is 1. The highest BCUT2D eigenvalue weighted by molar-refractivity contribution is 5.99. The molecule has 0 saturated carbocycles. The van der Waals surface area contributed by atoms with Gasteiger partial charge in [0.1, 0.15) is 0 Å². The van der Waals surface area contributed by atoms with Crippen molar-refractivity contribution in [1.29, 1.82) is 0 Å². The highest BCUT2D eigenvalue weighted by Gasteiger charge is 2.13. The van der Waals surface area contributed by atoms with Gasteiger partial charge < -0.3 is 16.0 Å². The SMILES string of the molecule is CC(NC(=O)CN(C)C(C)C)c1ccc(NC(=O)Nc2ccccc2)cc1. The van der Waals surface area contributed by atoms with Gasteiger partial charge in [-0.2, -0.15) is 0 Å². The molecule has 0 aliphatic heterocycles. The summed E-state index contributed by atoms with van der Waals surface area (Å²) in [5.74, 6) is -0.0110. The van der Waals surface area contributed by atoms with Gasteiger partial charge in [-0.05, 0) is 57.6 Å². The number of amides is 3. The van der Waals surface area contributed by atoms with E-state index >= 15 is 0 Å². The van der Waals surface area contributed by atoms with Crippen LogP contribution in [0.5, 0.6) is 0 Å². The van der Waals surface area contributed by atoms with Gasteiger partial charge >= 0.3 is 6.03 Å². The van der Waals surface area contributed by atoms with E-state index in [1.165, 1.54) is 0 Å². The molecular weight excluding hydrogens is 340 g/mol. The van der Waals surface area contributed by atoms with Gasteiger partial charge in [0, 0.05) is 17.4 Å². The Morgan fingerprint density at radius 3 is 2.00 bits per heavy atom. The second-order valence-corrected chi connectivity index (χ2v) is 6.87. The van der Waals surface area contributed by atoms with E-state index in [-0.39, 0.29) is 18.0 Å². The van der Waals surface area contributed by atoms with Gasteiger partial charge in [-0.1, -0.05) is 30.3 Å². The average Bonchev–Trinajstić information content (AvgIpc) is 2.62. The van der Waals surface area contributed by atoms with Crippen LogP contribution in [0.4, 0.5) is 16.2 Å². The molecule has 3 amide bonds. The van der Waals surface area contributed by atoms with Crippen LogP contribution in [0.25, 0.3) is 0 Å². The molecule has 144 valence electrons. The highest BCUT2D eigenvalue weighted by atomic mass is 16.2. The lowest BCUT2D eigenvalue weighted by molar-refractivity contribution is -0.122.